The smallest absolute Gasteiger partial charge is 0.331 e. The van der Waals surface area contributed by atoms with Crippen LogP contribution in [0.2, 0.25) is 0 Å². The van der Waals surface area contributed by atoms with E-state index < -0.39 is 24.3 Å². The molecule has 226 valence electrons. The lowest BCUT2D eigenvalue weighted by Gasteiger charge is -2.37. The van der Waals surface area contributed by atoms with Crippen molar-refractivity contribution in [2.24, 2.45) is 11.7 Å². The van der Waals surface area contributed by atoms with Gasteiger partial charge < -0.3 is 26.2 Å². The first-order chi connectivity index (χ1) is 18.6. The molecule has 0 aromatic carbocycles. The molecule has 9 heteroatoms. The predicted molar refractivity (Wildman–Crippen MR) is 155 cm³/mol. The third-order valence-electron chi connectivity index (χ3n) is 7.78. The van der Waals surface area contributed by atoms with E-state index in [0.29, 0.717) is 18.4 Å². The van der Waals surface area contributed by atoms with Crippen LogP contribution in [0.15, 0.2) is 11.6 Å². The van der Waals surface area contributed by atoms with Crippen molar-refractivity contribution in [2.75, 3.05) is 0 Å². The molecule has 0 saturated carbocycles. The van der Waals surface area contributed by atoms with Crippen LogP contribution in [-0.4, -0.2) is 53.4 Å². The Morgan fingerprint density at radius 3 is 2.21 bits per heavy atom. The Morgan fingerprint density at radius 2 is 1.67 bits per heavy atom. The summed E-state index contributed by atoms with van der Waals surface area (Å²) in [6, 6.07) is -0.979. The molecule has 0 heterocycles. The Morgan fingerprint density at radius 1 is 1.08 bits per heavy atom. The third-order valence-corrected chi connectivity index (χ3v) is 7.78. The fourth-order valence-electron chi connectivity index (χ4n) is 5.32. The molecule has 0 spiro atoms. The zero-order valence-electron chi connectivity index (χ0n) is 24.8. The van der Waals surface area contributed by atoms with Gasteiger partial charge >= 0.3 is 5.97 Å². The van der Waals surface area contributed by atoms with E-state index in [-0.39, 0.29) is 42.8 Å². The van der Waals surface area contributed by atoms with E-state index in [1.807, 2.05) is 20.8 Å². The molecule has 1 rings (SSSR count). The lowest BCUT2D eigenvalue weighted by Crippen LogP contribution is -2.51. The molecule has 39 heavy (non-hydrogen) atoms. The summed E-state index contributed by atoms with van der Waals surface area (Å²) < 4.78 is 21.4. The first-order valence-corrected chi connectivity index (χ1v) is 15.3. The Bertz CT molecular complexity index is 759. The minimum absolute atomic E-state index is 0.00849. The number of alkyl halides is 1. The fraction of sp³-hybridized carbons (Fsp3) is 0.833. The van der Waals surface area contributed by atoms with Crippen LogP contribution in [0.5, 0.6) is 0 Å². The van der Waals surface area contributed by atoms with Gasteiger partial charge in [-0.3, -0.25) is 10.2 Å². The van der Waals surface area contributed by atoms with Crippen molar-refractivity contribution in [1.29, 1.82) is 5.41 Å². The standard InChI is InChI=1S/C30H55FN4O4/c1-5-8-9-10-11-12-13-14-15-16-25(34-30(32)33)24(31)17-18-27(36)35-28-21(4)19-22(29(37)38)20-26(28)39-23(6-2)7-3/h20-21,23-26,28H,5-19H2,1-4H3,(H,35,36)(H,37,38)(H4,32,33,34)/t21-,24?,25?,26+,28+/m0/s1. The summed E-state index contributed by atoms with van der Waals surface area (Å²) >= 11 is 0. The second-order valence-electron chi connectivity index (χ2n) is 11.1. The molecule has 0 aliphatic heterocycles. The lowest BCUT2D eigenvalue weighted by molar-refractivity contribution is -0.133. The largest absolute Gasteiger partial charge is 0.478 e. The Balaban J connectivity index is 2.61. The third kappa shape index (κ3) is 14.2. The summed E-state index contributed by atoms with van der Waals surface area (Å²) in [5.41, 5.74) is 5.81. The summed E-state index contributed by atoms with van der Waals surface area (Å²) in [5, 5.41) is 22.8. The maximum Gasteiger partial charge on any atom is 0.331 e. The molecule has 2 unspecified atom stereocenters. The number of halogens is 1. The van der Waals surface area contributed by atoms with E-state index in [9.17, 15) is 14.7 Å². The highest BCUT2D eigenvalue weighted by molar-refractivity contribution is 5.87. The maximum absolute atomic E-state index is 15.2. The number of carboxylic acid groups (broad SMARTS) is 1. The monoisotopic (exact) mass is 554 g/mol. The maximum atomic E-state index is 15.2. The molecule has 0 radical (unpaired) electrons. The van der Waals surface area contributed by atoms with E-state index in [0.717, 1.165) is 32.1 Å². The van der Waals surface area contributed by atoms with Gasteiger partial charge in [-0.25, -0.2) is 9.18 Å². The molecule has 6 N–H and O–H groups in total. The number of unbranched alkanes of at least 4 members (excludes halogenated alkanes) is 8. The van der Waals surface area contributed by atoms with E-state index in [1.54, 1.807) is 6.08 Å². The Labute approximate surface area is 235 Å². The summed E-state index contributed by atoms with van der Waals surface area (Å²) in [6.07, 6.45) is 12.7. The molecule has 0 saturated heterocycles. The molecule has 0 bridgehead atoms. The van der Waals surface area contributed by atoms with Gasteiger partial charge in [0.05, 0.1) is 24.3 Å². The summed E-state index contributed by atoms with van der Waals surface area (Å²) in [5.74, 6) is -1.66. The van der Waals surface area contributed by atoms with Crippen LogP contribution in [-0.2, 0) is 14.3 Å². The molecule has 5 atom stereocenters. The van der Waals surface area contributed by atoms with E-state index in [2.05, 4.69) is 17.6 Å². The van der Waals surface area contributed by atoms with Crippen LogP contribution < -0.4 is 16.4 Å². The zero-order valence-corrected chi connectivity index (χ0v) is 24.8. The van der Waals surface area contributed by atoms with Gasteiger partial charge in [0, 0.05) is 12.0 Å². The minimum atomic E-state index is -1.31. The van der Waals surface area contributed by atoms with Crippen LogP contribution in [0.3, 0.4) is 0 Å². The molecule has 0 aromatic rings. The number of carbonyl (C=O) groups excluding carboxylic acids is 1. The van der Waals surface area contributed by atoms with Gasteiger partial charge in [-0.1, -0.05) is 85.5 Å². The average Bonchev–Trinajstić information content (AvgIpc) is 2.89. The highest BCUT2D eigenvalue weighted by Gasteiger charge is 2.35. The van der Waals surface area contributed by atoms with Crippen LogP contribution in [0.4, 0.5) is 4.39 Å². The van der Waals surface area contributed by atoms with Crippen molar-refractivity contribution in [1.82, 2.24) is 10.6 Å². The molecular weight excluding hydrogens is 499 g/mol. The molecule has 8 nitrogen and oxygen atoms in total. The molecular formula is C30H55FN4O4. The number of hydrogen-bond acceptors (Lipinski definition) is 4. The van der Waals surface area contributed by atoms with Crippen LogP contribution in [0.25, 0.3) is 0 Å². The fourth-order valence-corrected chi connectivity index (χ4v) is 5.32. The molecule has 1 aliphatic rings. The van der Waals surface area contributed by atoms with Crippen LogP contribution >= 0.6 is 0 Å². The predicted octanol–water partition coefficient (Wildman–Crippen LogP) is 5.99. The average molecular weight is 555 g/mol. The zero-order chi connectivity index (χ0) is 29.2. The van der Waals surface area contributed by atoms with Gasteiger partial charge in [0.1, 0.15) is 6.17 Å². The van der Waals surface area contributed by atoms with Crippen molar-refractivity contribution in [3.63, 3.8) is 0 Å². The Hall–Kier alpha value is -2.16. The topological polar surface area (TPSA) is 138 Å². The van der Waals surface area contributed by atoms with Crippen LogP contribution in [0.1, 0.15) is 124 Å². The molecule has 0 aromatic heterocycles. The lowest BCUT2D eigenvalue weighted by atomic mass is 9.83. The van der Waals surface area contributed by atoms with Crippen LogP contribution in [0, 0.1) is 11.3 Å². The van der Waals surface area contributed by atoms with Crippen molar-refractivity contribution >= 4 is 17.8 Å². The van der Waals surface area contributed by atoms with Gasteiger partial charge in [-0.05, 0) is 44.1 Å². The minimum Gasteiger partial charge on any atom is -0.478 e. The van der Waals surface area contributed by atoms with Crippen molar-refractivity contribution in [3.8, 4) is 0 Å². The first-order valence-electron chi connectivity index (χ1n) is 15.3. The number of carboxylic acids is 1. The van der Waals surface area contributed by atoms with Gasteiger partial charge in [0.25, 0.3) is 0 Å². The number of rotatable bonds is 21. The number of carbonyl (C=O) groups is 2. The molecule has 1 aliphatic carbocycles. The highest BCUT2D eigenvalue weighted by atomic mass is 19.1. The van der Waals surface area contributed by atoms with E-state index in [1.165, 1.54) is 38.5 Å². The summed E-state index contributed by atoms with van der Waals surface area (Å²) in [7, 11) is 0. The van der Waals surface area contributed by atoms with Gasteiger partial charge in [0.2, 0.25) is 5.91 Å². The van der Waals surface area contributed by atoms with Crippen molar-refractivity contribution in [2.45, 2.75) is 154 Å². The van der Waals surface area contributed by atoms with Gasteiger partial charge in [0.15, 0.2) is 5.96 Å². The number of nitrogens with one attached hydrogen (secondary N) is 3. The second-order valence-corrected chi connectivity index (χ2v) is 11.1. The number of amides is 1. The number of nitrogens with two attached hydrogens (primary N) is 1. The van der Waals surface area contributed by atoms with Crippen molar-refractivity contribution in [3.05, 3.63) is 11.6 Å². The SMILES string of the molecule is CCCCCCCCCCCC(NC(=N)N)C(F)CCC(=O)N[C@@H]1[C@@H](C)CC(C(=O)O)=C[C@H]1OC(CC)CC. The second kappa shape index (κ2) is 19.8. The normalized spacial score (nSPS) is 20.8. The molecule has 1 amide bonds. The van der Waals surface area contributed by atoms with Crippen molar-refractivity contribution < 1.29 is 23.8 Å². The quantitative estimate of drug-likeness (QED) is 0.0672. The summed E-state index contributed by atoms with van der Waals surface area (Å²) in [6.45, 7) is 8.14. The first kappa shape index (κ1) is 34.9. The number of ether oxygens (including phenoxy) is 1. The number of aliphatic carboxylic acids is 1. The van der Waals surface area contributed by atoms with Gasteiger partial charge in [-0.15, -0.1) is 0 Å². The Kier molecular flexibility index (Phi) is 17.7. The number of hydrogen-bond donors (Lipinski definition) is 5. The van der Waals surface area contributed by atoms with E-state index in [4.69, 9.17) is 15.9 Å². The van der Waals surface area contributed by atoms with Gasteiger partial charge in [-0.2, -0.15) is 0 Å². The summed E-state index contributed by atoms with van der Waals surface area (Å²) in [4.78, 5) is 24.5. The number of guanidine groups is 1. The molecule has 0 fully saturated rings. The van der Waals surface area contributed by atoms with E-state index >= 15 is 4.39 Å². The highest BCUT2D eigenvalue weighted by Crippen LogP contribution is 2.28.